The summed E-state index contributed by atoms with van der Waals surface area (Å²) in [7, 11) is -3.13. The van der Waals surface area contributed by atoms with E-state index < -0.39 is 10.0 Å². The lowest BCUT2D eigenvalue weighted by atomic mass is 9.86. The molecule has 124 valence electrons. The molecule has 0 radical (unpaired) electrons. The van der Waals surface area contributed by atoms with Gasteiger partial charge in [-0.05, 0) is 38.3 Å². The van der Waals surface area contributed by atoms with Crippen molar-refractivity contribution in [1.82, 2.24) is 4.31 Å². The molecule has 2 heterocycles. The molecule has 1 aromatic carbocycles. The highest BCUT2D eigenvalue weighted by Gasteiger charge is 2.52. The standard InChI is InChI=1S/C17H22N2O3S/c1-13-2-4-14(5-3-13)19-12-17(10-16(19)20)8-9-18(11-17)23(21,22)15-6-7-15/h2-5,15H,6-12H2,1H3/t17-/m1/s1. The highest BCUT2D eigenvalue weighted by molar-refractivity contribution is 7.90. The average molecular weight is 334 g/mol. The van der Waals surface area contributed by atoms with E-state index in [2.05, 4.69) is 0 Å². The summed E-state index contributed by atoms with van der Waals surface area (Å²) in [6.07, 6.45) is 2.82. The van der Waals surface area contributed by atoms with Gasteiger partial charge in [0.05, 0.1) is 5.25 Å². The summed E-state index contributed by atoms with van der Waals surface area (Å²) >= 11 is 0. The molecule has 1 spiro atoms. The molecule has 0 bridgehead atoms. The van der Waals surface area contributed by atoms with E-state index in [1.54, 1.807) is 4.31 Å². The fraction of sp³-hybridized carbons (Fsp3) is 0.588. The van der Waals surface area contributed by atoms with Crippen LogP contribution in [0.25, 0.3) is 0 Å². The lowest BCUT2D eigenvalue weighted by Crippen LogP contribution is -2.35. The second-order valence-corrected chi connectivity index (χ2v) is 9.53. The SMILES string of the molecule is Cc1ccc(N2C[C@]3(CCN(S(=O)(=O)C4CC4)C3)CC2=O)cc1. The summed E-state index contributed by atoms with van der Waals surface area (Å²) in [6, 6.07) is 7.96. The minimum atomic E-state index is -3.13. The van der Waals surface area contributed by atoms with Crippen LogP contribution in [-0.4, -0.2) is 43.5 Å². The molecule has 0 aromatic heterocycles. The smallest absolute Gasteiger partial charge is 0.227 e. The largest absolute Gasteiger partial charge is 0.312 e. The van der Waals surface area contributed by atoms with Gasteiger partial charge < -0.3 is 4.90 Å². The predicted molar refractivity (Wildman–Crippen MR) is 88.7 cm³/mol. The van der Waals surface area contributed by atoms with Gasteiger partial charge in [-0.15, -0.1) is 0 Å². The first-order valence-electron chi connectivity index (χ1n) is 8.26. The molecule has 3 fully saturated rings. The maximum atomic E-state index is 12.5. The molecule has 3 aliphatic rings. The molecular weight excluding hydrogens is 312 g/mol. The first kappa shape index (κ1) is 15.1. The summed E-state index contributed by atoms with van der Waals surface area (Å²) in [6.45, 7) is 3.72. The first-order valence-corrected chi connectivity index (χ1v) is 9.76. The lowest BCUT2D eigenvalue weighted by molar-refractivity contribution is -0.117. The number of carbonyl (C=O) groups excluding carboxylic acids is 1. The molecule has 0 unspecified atom stereocenters. The van der Waals surface area contributed by atoms with Crippen LogP contribution < -0.4 is 4.90 Å². The monoisotopic (exact) mass is 334 g/mol. The molecule has 5 nitrogen and oxygen atoms in total. The molecule has 1 atom stereocenters. The lowest BCUT2D eigenvalue weighted by Gasteiger charge is -2.24. The normalized spacial score (nSPS) is 28.9. The topological polar surface area (TPSA) is 57.7 Å². The van der Waals surface area contributed by atoms with Crippen molar-refractivity contribution in [3.8, 4) is 0 Å². The van der Waals surface area contributed by atoms with Gasteiger partial charge in [0.2, 0.25) is 15.9 Å². The van der Waals surface area contributed by atoms with E-state index in [0.29, 0.717) is 26.1 Å². The van der Waals surface area contributed by atoms with E-state index in [9.17, 15) is 13.2 Å². The van der Waals surface area contributed by atoms with Crippen LogP contribution in [0.3, 0.4) is 0 Å². The van der Waals surface area contributed by atoms with Crippen molar-refractivity contribution in [2.75, 3.05) is 24.5 Å². The Morgan fingerprint density at radius 1 is 1.13 bits per heavy atom. The minimum Gasteiger partial charge on any atom is -0.312 e. The highest BCUT2D eigenvalue weighted by atomic mass is 32.2. The Kier molecular flexibility index (Phi) is 3.32. The van der Waals surface area contributed by atoms with Crippen LogP contribution in [0.4, 0.5) is 5.69 Å². The minimum absolute atomic E-state index is 0.111. The van der Waals surface area contributed by atoms with E-state index in [-0.39, 0.29) is 16.6 Å². The maximum absolute atomic E-state index is 12.5. The zero-order chi connectivity index (χ0) is 16.2. The molecule has 2 aliphatic heterocycles. The number of hydrogen-bond donors (Lipinski definition) is 0. The van der Waals surface area contributed by atoms with Crippen molar-refractivity contribution in [2.45, 2.75) is 37.9 Å². The van der Waals surface area contributed by atoms with Gasteiger partial charge in [0, 0.05) is 37.2 Å². The van der Waals surface area contributed by atoms with Gasteiger partial charge >= 0.3 is 0 Å². The Hall–Kier alpha value is -1.40. The molecular formula is C17H22N2O3S. The summed E-state index contributed by atoms with van der Waals surface area (Å²) in [5.74, 6) is 0.111. The van der Waals surface area contributed by atoms with Crippen LogP contribution in [0.5, 0.6) is 0 Å². The molecule has 0 N–H and O–H groups in total. The Bertz CT molecular complexity index is 740. The number of carbonyl (C=O) groups is 1. The van der Waals surface area contributed by atoms with Gasteiger partial charge in [0.25, 0.3) is 0 Å². The van der Waals surface area contributed by atoms with Crippen LogP contribution >= 0.6 is 0 Å². The zero-order valence-corrected chi connectivity index (χ0v) is 14.2. The van der Waals surface area contributed by atoms with E-state index in [0.717, 1.165) is 30.5 Å². The van der Waals surface area contributed by atoms with Crippen molar-refractivity contribution in [2.24, 2.45) is 5.41 Å². The van der Waals surface area contributed by atoms with Crippen molar-refractivity contribution in [3.63, 3.8) is 0 Å². The Morgan fingerprint density at radius 2 is 1.83 bits per heavy atom. The zero-order valence-electron chi connectivity index (χ0n) is 13.4. The molecule has 4 rings (SSSR count). The summed E-state index contributed by atoms with van der Waals surface area (Å²) in [5, 5.41) is -0.164. The van der Waals surface area contributed by atoms with E-state index in [1.807, 2.05) is 36.1 Å². The molecule has 2 saturated heterocycles. The summed E-state index contributed by atoms with van der Waals surface area (Å²) in [4.78, 5) is 14.3. The average Bonchev–Trinajstić information content (AvgIpc) is 3.22. The van der Waals surface area contributed by atoms with Gasteiger partial charge in [-0.2, -0.15) is 0 Å². The van der Waals surface area contributed by atoms with Crippen LogP contribution in [0.15, 0.2) is 24.3 Å². The van der Waals surface area contributed by atoms with Crippen LogP contribution in [0.2, 0.25) is 0 Å². The van der Waals surface area contributed by atoms with Crippen LogP contribution in [-0.2, 0) is 14.8 Å². The number of hydrogen-bond acceptors (Lipinski definition) is 3. The number of rotatable bonds is 3. The second kappa shape index (κ2) is 5.05. The molecule has 1 aliphatic carbocycles. The molecule has 1 amide bonds. The number of nitrogens with zero attached hydrogens (tertiary/aromatic N) is 2. The highest BCUT2D eigenvalue weighted by Crippen LogP contribution is 2.44. The summed E-state index contributed by atoms with van der Waals surface area (Å²) < 4.78 is 26.5. The molecule has 1 aromatic rings. The fourth-order valence-electron chi connectivity index (χ4n) is 3.82. The first-order chi connectivity index (χ1) is 10.9. The van der Waals surface area contributed by atoms with Crippen molar-refractivity contribution >= 4 is 21.6 Å². The van der Waals surface area contributed by atoms with Crippen molar-refractivity contribution in [1.29, 1.82) is 0 Å². The number of amides is 1. The Labute approximate surface area is 137 Å². The third-order valence-corrected chi connectivity index (χ3v) is 7.72. The van der Waals surface area contributed by atoms with Crippen molar-refractivity contribution < 1.29 is 13.2 Å². The van der Waals surface area contributed by atoms with Crippen molar-refractivity contribution in [3.05, 3.63) is 29.8 Å². The Morgan fingerprint density at radius 3 is 2.48 bits per heavy atom. The molecule has 1 saturated carbocycles. The van der Waals surface area contributed by atoms with Gasteiger partial charge in [-0.1, -0.05) is 17.7 Å². The molecule has 6 heteroatoms. The third kappa shape index (κ3) is 2.58. The predicted octanol–water partition coefficient (Wildman–Crippen LogP) is 1.92. The Balaban J connectivity index is 1.53. The third-order valence-electron chi connectivity index (χ3n) is 5.38. The van der Waals surface area contributed by atoms with Crippen LogP contribution in [0.1, 0.15) is 31.2 Å². The van der Waals surface area contributed by atoms with E-state index in [4.69, 9.17) is 0 Å². The van der Waals surface area contributed by atoms with Crippen LogP contribution in [0, 0.1) is 12.3 Å². The number of sulfonamides is 1. The van der Waals surface area contributed by atoms with Gasteiger partial charge in [0.1, 0.15) is 0 Å². The van der Waals surface area contributed by atoms with Gasteiger partial charge in [-0.3, -0.25) is 4.79 Å². The number of benzene rings is 1. The fourth-order valence-corrected chi connectivity index (χ4v) is 5.77. The van der Waals surface area contributed by atoms with Gasteiger partial charge in [0.15, 0.2) is 0 Å². The quantitative estimate of drug-likeness (QED) is 0.848. The molecule has 23 heavy (non-hydrogen) atoms. The maximum Gasteiger partial charge on any atom is 0.227 e. The van der Waals surface area contributed by atoms with E-state index >= 15 is 0 Å². The second-order valence-electron chi connectivity index (χ2n) is 7.32. The number of aryl methyl sites for hydroxylation is 1. The van der Waals surface area contributed by atoms with E-state index in [1.165, 1.54) is 0 Å². The summed E-state index contributed by atoms with van der Waals surface area (Å²) in [5.41, 5.74) is 1.88. The number of anilines is 1. The van der Waals surface area contributed by atoms with Gasteiger partial charge in [-0.25, -0.2) is 12.7 Å².